The minimum absolute atomic E-state index is 0.0799. The maximum atomic E-state index is 13.3. The lowest BCUT2D eigenvalue weighted by Crippen LogP contribution is -2.42. The number of aromatic nitrogens is 5. The quantitative estimate of drug-likeness (QED) is 0.547. The molecule has 0 saturated heterocycles. The van der Waals surface area contributed by atoms with E-state index in [1.807, 2.05) is 13.8 Å². The molecular weight excluding hydrogens is 417 g/mol. The second-order valence-electron chi connectivity index (χ2n) is 7.33. The second-order valence-corrected chi connectivity index (χ2v) is 7.33. The third-order valence-corrected chi connectivity index (χ3v) is 4.94. The van der Waals surface area contributed by atoms with Gasteiger partial charge in [0.15, 0.2) is 5.69 Å². The molecule has 3 aromatic rings. The molecule has 0 bridgehead atoms. The van der Waals surface area contributed by atoms with Gasteiger partial charge in [0.1, 0.15) is 17.5 Å². The van der Waals surface area contributed by atoms with Gasteiger partial charge in [0.25, 0.3) is 11.5 Å². The van der Waals surface area contributed by atoms with E-state index in [1.54, 1.807) is 6.92 Å². The molecule has 2 heterocycles. The van der Waals surface area contributed by atoms with E-state index in [-0.39, 0.29) is 23.9 Å². The minimum Gasteiger partial charge on any atom is -0.383 e. The van der Waals surface area contributed by atoms with E-state index in [2.05, 4.69) is 15.1 Å². The van der Waals surface area contributed by atoms with Crippen LogP contribution in [0.3, 0.4) is 0 Å². The van der Waals surface area contributed by atoms with Crippen LogP contribution in [-0.4, -0.2) is 36.8 Å². The highest BCUT2D eigenvalue weighted by Gasteiger charge is 2.28. The fourth-order valence-corrected chi connectivity index (χ4v) is 3.34. The van der Waals surface area contributed by atoms with Crippen molar-refractivity contribution in [3.63, 3.8) is 0 Å². The zero-order valence-corrected chi connectivity index (χ0v) is 18.3. The number of nitrogens with zero attached hydrogens (tertiary/aromatic N) is 5. The number of rotatable bonds is 8. The van der Waals surface area contributed by atoms with Crippen LogP contribution in [0.25, 0.3) is 5.69 Å². The molecular formula is C21H26FN7O3. The molecule has 0 aliphatic carbocycles. The lowest BCUT2D eigenvalue weighted by atomic mass is 10.3. The number of carbonyl (C=O) groups excluding carboxylic acids is 1. The number of benzene rings is 1. The van der Waals surface area contributed by atoms with E-state index in [0.29, 0.717) is 30.9 Å². The van der Waals surface area contributed by atoms with Gasteiger partial charge in [0.2, 0.25) is 5.82 Å². The van der Waals surface area contributed by atoms with E-state index < -0.39 is 23.0 Å². The minimum atomic E-state index is -0.753. The molecule has 3 N–H and O–H groups in total. The van der Waals surface area contributed by atoms with Crippen molar-refractivity contribution in [2.45, 2.75) is 46.6 Å². The van der Waals surface area contributed by atoms with Crippen LogP contribution in [0.4, 0.5) is 15.9 Å². The van der Waals surface area contributed by atoms with Gasteiger partial charge in [0, 0.05) is 13.1 Å². The first kappa shape index (κ1) is 22.9. The summed E-state index contributed by atoms with van der Waals surface area (Å²) in [7, 11) is 0. The van der Waals surface area contributed by atoms with Crippen LogP contribution >= 0.6 is 0 Å². The van der Waals surface area contributed by atoms with Crippen LogP contribution in [0.15, 0.2) is 33.9 Å². The highest BCUT2D eigenvalue weighted by atomic mass is 19.1. The van der Waals surface area contributed by atoms with Crippen LogP contribution in [0.5, 0.6) is 0 Å². The number of nitrogens with one attached hydrogen (secondary N) is 1. The van der Waals surface area contributed by atoms with Crippen molar-refractivity contribution in [3.8, 4) is 5.69 Å². The summed E-state index contributed by atoms with van der Waals surface area (Å²) >= 11 is 0. The number of hydrogen-bond donors (Lipinski definition) is 2. The lowest BCUT2D eigenvalue weighted by Gasteiger charge is -2.23. The predicted octanol–water partition coefficient (Wildman–Crippen LogP) is 2.00. The Balaban J connectivity index is 2.06. The Labute approximate surface area is 183 Å². The molecule has 170 valence electrons. The molecule has 0 atom stereocenters. The van der Waals surface area contributed by atoms with E-state index >= 15 is 0 Å². The molecule has 2 aromatic heterocycles. The van der Waals surface area contributed by atoms with Gasteiger partial charge in [0.05, 0.1) is 5.69 Å². The third-order valence-electron chi connectivity index (χ3n) is 4.94. The topological polar surface area (TPSA) is 132 Å². The number of nitrogen functional groups attached to an aromatic ring is 1. The SMILES string of the molecule is CCCCn1c(N)c(N(CCC)C(=O)c2nc(C)n(-c3ccc(F)cc3)n2)c(=O)[nH]c1=O. The largest absolute Gasteiger partial charge is 0.383 e. The van der Waals surface area contributed by atoms with Crippen molar-refractivity contribution in [3.05, 3.63) is 62.6 Å². The monoisotopic (exact) mass is 443 g/mol. The molecule has 1 aromatic carbocycles. The lowest BCUT2D eigenvalue weighted by molar-refractivity contribution is 0.0976. The van der Waals surface area contributed by atoms with Crippen molar-refractivity contribution in [2.75, 3.05) is 17.2 Å². The molecule has 0 aliphatic rings. The van der Waals surface area contributed by atoms with Gasteiger partial charge in [-0.2, -0.15) is 0 Å². The Morgan fingerprint density at radius 3 is 2.50 bits per heavy atom. The average Bonchev–Trinajstić information content (AvgIpc) is 3.14. The number of anilines is 2. The van der Waals surface area contributed by atoms with Crippen molar-refractivity contribution >= 4 is 17.4 Å². The second kappa shape index (κ2) is 9.58. The molecule has 11 heteroatoms. The van der Waals surface area contributed by atoms with Crippen molar-refractivity contribution in [2.24, 2.45) is 0 Å². The first-order valence-electron chi connectivity index (χ1n) is 10.4. The first-order valence-corrected chi connectivity index (χ1v) is 10.4. The Bertz CT molecular complexity index is 1230. The highest BCUT2D eigenvalue weighted by molar-refractivity contribution is 6.04. The summed E-state index contributed by atoms with van der Waals surface area (Å²) in [4.78, 5) is 45.9. The van der Waals surface area contributed by atoms with E-state index in [1.165, 1.54) is 38.4 Å². The number of hydrogen-bond acceptors (Lipinski definition) is 6. The number of aromatic amines is 1. The summed E-state index contributed by atoms with van der Waals surface area (Å²) in [5.41, 5.74) is 5.23. The van der Waals surface area contributed by atoms with E-state index in [4.69, 9.17) is 5.73 Å². The molecule has 0 fully saturated rings. The molecule has 1 amide bonds. The van der Waals surface area contributed by atoms with Crippen LogP contribution in [0, 0.1) is 12.7 Å². The van der Waals surface area contributed by atoms with E-state index in [9.17, 15) is 18.8 Å². The summed E-state index contributed by atoms with van der Waals surface area (Å²) < 4.78 is 15.9. The number of H-pyrrole nitrogens is 1. The molecule has 0 saturated carbocycles. The fourth-order valence-electron chi connectivity index (χ4n) is 3.34. The molecule has 0 unspecified atom stereocenters. The van der Waals surface area contributed by atoms with Crippen molar-refractivity contribution < 1.29 is 9.18 Å². The fraction of sp³-hybridized carbons (Fsp3) is 0.381. The smallest absolute Gasteiger partial charge is 0.330 e. The Hall–Kier alpha value is -3.76. The van der Waals surface area contributed by atoms with Gasteiger partial charge in [-0.05, 0) is 44.0 Å². The Kier molecular flexibility index (Phi) is 6.86. The van der Waals surface area contributed by atoms with Gasteiger partial charge in [-0.15, -0.1) is 5.10 Å². The number of carbonyl (C=O) groups is 1. The van der Waals surface area contributed by atoms with Gasteiger partial charge >= 0.3 is 5.69 Å². The van der Waals surface area contributed by atoms with Crippen LogP contribution < -0.4 is 21.9 Å². The van der Waals surface area contributed by atoms with Crippen molar-refractivity contribution in [1.29, 1.82) is 0 Å². The van der Waals surface area contributed by atoms with Crippen LogP contribution in [0.2, 0.25) is 0 Å². The normalized spacial score (nSPS) is 11.0. The van der Waals surface area contributed by atoms with Gasteiger partial charge in [-0.3, -0.25) is 24.0 Å². The number of unbranched alkanes of at least 4 members (excludes halogenated alkanes) is 1. The molecule has 0 aliphatic heterocycles. The van der Waals surface area contributed by atoms with Crippen LogP contribution in [0.1, 0.15) is 49.6 Å². The summed E-state index contributed by atoms with van der Waals surface area (Å²) in [6, 6.07) is 5.59. The zero-order valence-electron chi connectivity index (χ0n) is 18.3. The standard InChI is InChI=1S/C21H26FN7O3/c1-4-6-12-28-17(23)16(19(30)25-21(28)32)27(11-5-2)20(31)18-24-13(3)29(26-18)15-9-7-14(22)8-10-15/h7-10H,4-6,11-12,23H2,1-3H3,(H,25,30,32). The zero-order chi connectivity index (χ0) is 23.4. The maximum absolute atomic E-state index is 13.3. The Morgan fingerprint density at radius 2 is 1.88 bits per heavy atom. The summed E-state index contributed by atoms with van der Waals surface area (Å²) in [6.45, 7) is 5.95. The molecule has 10 nitrogen and oxygen atoms in total. The third kappa shape index (κ3) is 4.46. The average molecular weight is 443 g/mol. The summed E-state index contributed by atoms with van der Waals surface area (Å²) in [5, 5.41) is 4.26. The molecule has 3 rings (SSSR count). The number of amides is 1. The van der Waals surface area contributed by atoms with Gasteiger partial charge < -0.3 is 5.73 Å². The molecule has 32 heavy (non-hydrogen) atoms. The Morgan fingerprint density at radius 1 is 1.19 bits per heavy atom. The van der Waals surface area contributed by atoms with E-state index in [0.717, 1.165) is 6.42 Å². The first-order chi connectivity index (χ1) is 15.3. The number of halogens is 1. The molecule has 0 spiro atoms. The van der Waals surface area contributed by atoms with Crippen LogP contribution in [-0.2, 0) is 6.54 Å². The number of nitrogens with two attached hydrogens (primary N) is 1. The predicted molar refractivity (Wildman–Crippen MR) is 119 cm³/mol. The maximum Gasteiger partial charge on any atom is 0.330 e. The summed E-state index contributed by atoms with van der Waals surface area (Å²) in [5.74, 6) is -0.848. The molecule has 0 radical (unpaired) electrons. The van der Waals surface area contributed by atoms with Gasteiger partial charge in [-0.1, -0.05) is 20.3 Å². The van der Waals surface area contributed by atoms with Crippen molar-refractivity contribution in [1.82, 2.24) is 24.3 Å². The number of aryl methyl sites for hydroxylation is 1. The highest BCUT2D eigenvalue weighted by Crippen LogP contribution is 2.20. The summed E-state index contributed by atoms with van der Waals surface area (Å²) in [6.07, 6.45) is 2.03. The van der Waals surface area contributed by atoms with Gasteiger partial charge in [-0.25, -0.2) is 18.9 Å².